The molecule has 4 rings (SSSR count). The van der Waals surface area contributed by atoms with Crippen LogP contribution in [0.5, 0.6) is 5.75 Å². The third-order valence-electron chi connectivity index (χ3n) is 6.22. The third kappa shape index (κ3) is 3.87. The lowest BCUT2D eigenvalue weighted by atomic mass is 9.75. The molecule has 1 aromatic heterocycles. The lowest BCUT2D eigenvalue weighted by molar-refractivity contribution is 0.0520. The molecule has 1 aliphatic carbocycles. The number of nitrogens with zero attached hydrogens (tertiary/aromatic N) is 2. The molecule has 0 bridgehead atoms. The van der Waals surface area contributed by atoms with Gasteiger partial charge in [0.05, 0.1) is 11.3 Å². The van der Waals surface area contributed by atoms with Crippen LogP contribution in [0.3, 0.4) is 0 Å². The molecule has 5 nitrogen and oxygen atoms in total. The van der Waals surface area contributed by atoms with Gasteiger partial charge in [0.25, 0.3) is 5.91 Å². The van der Waals surface area contributed by atoms with Gasteiger partial charge in [0.1, 0.15) is 18.1 Å². The molecule has 27 heavy (non-hydrogen) atoms. The summed E-state index contributed by atoms with van der Waals surface area (Å²) in [7, 11) is 0. The number of amides is 1. The van der Waals surface area contributed by atoms with Crippen molar-refractivity contribution < 1.29 is 14.1 Å². The molecule has 5 heteroatoms. The van der Waals surface area contributed by atoms with Crippen molar-refractivity contribution in [2.24, 2.45) is 11.8 Å². The Morgan fingerprint density at radius 2 is 2.04 bits per heavy atom. The van der Waals surface area contributed by atoms with Crippen LogP contribution in [0, 0.1) is 25.7 Å². The summed E-state index contributed by atoms with van der Waals surface area (Å²) in [5.41, 5.74) is 2.52. The van der Waals surface area contributed by atoms with Crippen LogP contribution in [-0.4, -0.2) is 29.1 Å². The minimum absolute atomic E-state index is 0.127. The standard InChI is InChI=1S/C22H28N2O3/c1-15-21(16(2)27-23-15)14-26-20-9-5-8-18(12-20)22(25)24-11-10-17-6-3-4-7-19(17)13-24/h5,8-9,12,17,19H,3-4,6-7,10-11,13-14H2,1-2H3. The zero-order chi connectivity index (χ0) is 18.8. The quantitative estimate of drug-likeness (QED) is 0.796. The van der Waals surface area contributed by atoms with E-state index in [1.54, 1.807) is 0 Å². The van der Waals surface area contributed by atoms with Crippen LogP contribution in [0.1, 0.15) is 59.5 Å². The predicted octanol–water partition coefficient (Wildman–Crippen LogP) is 4.52. The Morgan fingerprint density at radius 3 is 2.81 bits per heavy atom. The molecule has 2 atom stereocenters. The van der Waals surface area contributed by atoms with Crippen molar-refractivity contribution in [1.29, 1.82) is 0 Å². The van der Waals surface area contributed by atoms with Gasteiger partial charge in [-0.3, -0.25) is 4.79 Å². The average molecular weight is 368 g/mol. The molecule has 0 N–H and O–H groups in total. The van der Waals surface area contributed by atoms with Crippen LogP contribution < -0.4 is 4.74 Å². The van der Waals surface area contributed by atoms with Gasteiger partial charge in [-0.2, -0.15) is 0 Å². The second kappa shape index (κ2) is 7.75. The van der Waals surface area contributed by atoms with Crippen molar-refractivity contribution in [3.8, 4) is 5.75 Å². The van der Waals surface area contributed by atoms with Crippen molar-refractivity contribution in [2.75, 3.05) is 13.1 Å². The summed E-state index contributed by atoms with van der Waals surface area (Å²) in [5.74, 6) is 3.12. The lowest BCUT2D eigenvalue weighted by Crippen LogP contribution is -2.44. The van der Waals surface area contributed by atoms with Gasteiger partial charge in [0.2, 0.25) is 0 Å². The maximum Gasteiger partial charge on any atom is 0.253 e. The van der Waals surface area contributed by atoms with Gasteiger partial charge in [-0.15, -0.1) is 0 Å². The molecule has 0 spiro atoms. The first-order chi connectivity index (χ1) is 13.1. The molecule has 2 aliphatic rings. The Bertz CT molecular complexity index is 794. The van der Waals surface area contributed by atoms with Crippen LogP contribution in [0.15, 0.2) is 28.8 Å². The van der Waals surface area contributed by atoms with Crippen LogP contribution >= 0.6 is 0 Å². The summed E-state index contributed by atoms with van der Waals surface area (Å²) in [6.45, 7) is 5.97. The number of piperidine rings is 1. The second-order valence-electron chi connectivity index (χ2n) is 7.96. The van der Waals surface area contributed by atoms with Gasteiger partial charge >= 0.3 is 0 Å². The Morgan fingerprint density at radius 1 is 1.22 bits per heavy atom. The molecular formula is C22H28N2O3. The van der Waals surface area contributed by atoms with E-state index in [9.17, 15) is 4.79 Å². The number of hydrogen-bond acceptors (Lipinski definition) is 4. The summed E-state index contributed by atoms with van der Waals surface area (Å²) in [4.78, 5) is 15.1. The monoisotopic (exact) mass is 368 g/mol. The zero-order valence-corrected chi connectivity index (χ0v) is 16.2. The largest absolute Gasteiger partial charge is 0.489 e. The Balaban J connectivity index is 1.41. The highest BCUT2D eigenvalue weighted by Gasteiger charge is 2.33. The molecule has 1 aliphatic heterocycles. The van der Waals surface area contributed by atoms with E-state index >= 15 is 0 Å². The van der Waals surface area contributed by atoms with Gasteiger partial charge in [-0.25, -0.2) is 0 Å². The van der Waals surface area contributed by atoms with Crippen LogP contribution in [0.4, 0.5) is 0 Å². The highest BCUT2D eigenvalue weighted by atomic mass is 16.5. The summed E-state index contributed by atoms with van der Waals surface area (Å²) < 4.78 is 11.1. The topological polar surface area (TPSA) is 55.6 Å². The summed E-state index contributed by atoms with van der Waals surface area (Å²) in [5, 5.41) is 3.95. The number of carbonyl (C=O) groups is 1. The second-order valence-corrected chi connectivity index (χ2v) is 7.96. The predicted molar refractivity (Wildman–Crippen MR) is 103 cm³/mol. The molecule has 2 fully saturated rings. The van der Waals surface area contributed by atoms with E-state index in [1.807, 2.05) is 43.0 Å². The fourth-order valence-electron chi connectivity index (χ4n) is 4.55. The molecule has 1 amide bonds. The number of aromatic nitrogens is 1. The lowest BCUT2D eigenvalue weighted by Gasteiger charge is -2.41. The Labute approximate surface area is 160 Å². The van der Waals surface area contributed by atoms with Gasteiger partial charge in [-0.05, 0) is 56.7 Å². The van der Waals surface area contributed by atoms with E-state index in [0.717, 1.165) is 42.4 Å². The number of ether oxygens (including phenoxy) is 1. The molecule has 2 heterocycles. The van der Waals surface area contributed by atoms with Crippen molar-refractivity contribution in [2.45, 2.75) is 52.6 Å². The van der Waals surface area contributed by atoms with E-state index in [1.165, 1.54) is 25.7 Å². The van der Waals surface area contributed by atoms with Gasteiger partial charge in [0.15, 0.2) is 0 Å². The van der Waals surface area contributed by atoms with Crippen molar-refractivity contribution in [3.05, 3.63) is 46.8 Å². The smallest absolute Gasteiger partial charge is 0.253 e. The van der Waals surface area contributed by atoms with E-state index in [2.05, 4.69) is 5.16 Å². The SMILES string of the molecule is Cc1noc(C)c1COc1cccc(C(=O)N2CCC3CCCCC3C2)c1. The van der Waals surface area contributed by atoms with Gasteiger partial charge in [-0.1, -0.05) is 30.5 Å². The van der Waals surface area contributed by atoms with Crippen LogP contribution in [0.25, 0.3) is 0 Å². The number of fused-ring (bicyclic) bond motifs is 1. The fourth-order valence-corrected chi connectivity index (χ4v) is 4.55. The first-order valence-corrected chi connectivity index (χ1v) is 10.1. The van der Waals surface area contributed by atoms with E-state index < -0.39 is 0 Å². The number of likely N-dealkylation sites (tertiary alicyclic amines) is 1. The van der Waals surface area contributed by atoms with Crippen molar-refractivity contribution >= 4 is 5.91 Å². The van der Waals surface area contributed by atoms with Gasteiger partial charge in [0, 0.05) is 18.7 Å². The molecule has 1 saturated carbocycles. The highest BCUT2D eigenvalue weighted by molar-refractivity contribution is 5.94. The fraction of sp³-hybridized carbons (Fsp3) is 0.545. The third-order valence-corrected chi connectivity index (χ3v) is 6.22. The van der Waals surface area contributed by atoms with E-state index in [4.69, 9.17) is 9.26 Å². The summed E-state index contributed by atoms with van der Waals surface area (Å²) in [6, 6.07) is 7.52. The molecule has 2 unspecified atom stereocenters. The first kappa shape index (κ1) is 18.1. The first-order valence-electron chi connectivity index (χ1n) is 10.1. The summed E-state index contributed by atoms with van der Waals surface area (Å²) in [6.07, 6.45) is 6.44. The van der Waals surface area contributed by atoms with Gasteiger partial charge < -0.3 is 14.2 Å². The molecule has 0 radical (unpaired) electrons. The normalized spacial score (nSPS) is 22.4. The summed E-state index contributed by atoms with van der Waals surface area (Å²) >= 11 is 0. The number of hydrogen-bond donors (Lipinski definition) is 0. The number of benzene rings is 1. The zero-order valence-electron chi connectivity index (χ0n) is 16.2. The number of rotatable bonds is 4. The van der Waals surface area contributed by atoms with Crippen LogP contribution in [-0.2, 0) is 6.61 Å². The molecule has 1 aromatic carbocycles. The maximum absolute atomic E-state index is 13.0. The molecule has 1 saturated heterocycles. The number of aryl methyl sites for hydroxylation is 2. The maximum atomic E-state index is 13.0. The van der Waals surface area contributed by atoms with Crippen LogP contribution in [0.2, 0.25) is 0 Å². The van der Waals surface area contributed by atoms with Crippen molar-refractivity contribution in [1.82, 2.24) is 10.1 Å². The minimum atomic E-state index is 0.127. The highest BCUT2D eigenvalue weighted by Crippen LogP contribution is 2.36. The number of carbonyl (C=O) groups excluding carboxylic acids is 1. The molecular weight excluding hydrogens is 340 g/mol. The molecule has 2 aromatic rings. The van der Waals surface area contributed by atoms with E-state index in [-0.39, 0.29) is 5.91 Å². The minimum Gasteiger partial charge on any atom is -0.489 e. The van der Waals surface area contributed by atoms with E-state index in [0.29, 0.717) is 23.8 Å². The Kier molecular flexibility index (Phi) is 5.19. The average Bonchev–Trinajstić information content (AvgIpc) is 3.03. The Hall–Kier alpha value is -2.30. The molecule has 144 valence electrons. The van der Waals surface area contributed by atoms with Crippen molar-refractivity contribution in [3.63, 3.8) is 0 Å².